The molecule has 0 heterocycles. The normalized spacial score (nSPS) is 14.7. The summed E-state index contributed by atoms with van der Waals surface area (Å²) in [4.78, 5) is 29.7. The maximum Gasteiger partial charge on any atom is 0.244 e. The third-order valence-electron chi connectivity index (χ3n) is 7.36. The van der Waals surface area contributed by atoms with E-state index in [1.807, 2.05) is 54.6 Å². The van der Waals surface area contributed by atoms with E-state index in [9.17, 15) is 18.0 Å². The van der Waals surface area contributed by atoms with Gasteiger partial charge in [0.2, 0.25) is 21.8 Å². The van der Waals surface area contributed by atoms with Crippen LogP contribution in [0.2, 0.25) is 10.0 Å². The minimum absolute atomic E-state index is 0.0397. The molecule has 7 nitrogen and oxygen atoms in total. The highest BCUT2D eigenvalue weighted by Crippen LogP contribution is 2.29. The summed E-state index contributed by atoms with van der Waals surface area (Å²) in [5.41, 5.74) is 1.89. The van der Waals surface area contributed by atoms with Crippen molar-refractivity contribution in [3.63, 3.8) is 0 Å². The van der Waals surface area contributed by atoms with Gasteiger partial charge in [-0.1, -0.05) is 101 Å². The van der Waals surface area contributed by atoms with E-state index in [1.54, 1.807) is 0 Å². The second-order valence-corrected chi connectivity index (χ2v) is 14.2. The minimum atomic E-state index is -3.90. The standard InChI is InChI=1S/C31H34BrCl2N3O4S/c1-42(40,41)37(26-16-17-27(33)28(34)19-26)21-30(38)36(20-23-12-14-24(32)15-13-23)29(18-22-8-4-2-5-9-22)31(39)35-25-10-6-3-7-11-25/h2,4-5,8-9,12-17,19,25,29H,3,6-7,10-11,18,20-21H2,1H3,(H,35,39). The molecule has 0 aliphatic heterocycles. The van der Waals surface area contributed by atoms with Crippen LogP contribution in [0, 0.1) is 0 Å². The summed E-state index contributed by atoms with van der Waals surface area (Å²) < 4.78 is 27.7. The number of benzene rings is 3. The topological polar surface area (TPSA) is 86.8 Å². The van der Waals surface area contributed by atoms with Gasteiger partial charge < -0.3 is 10.2 Å². The van der Waals surface area contributed by atoms with E-state index in [2.05, 4.69) is 21.2 Å². The molecule has 1 unspecified atom stereocenters. The smallest absolute Gasteiger partial charge is 0.244 e. The molecule has 1 saturated carbocycles. The molecule has 3 aromatic rings. The number of hydrogen-bond acceptors (Lipinski definition) is 4. The predicted molar refractivity (Wildman–Crippen MR) is 172 cm³/mol. The molecule has 0 bridgehead atoms. The molecule has 1 atom stereocenters. The van der Waals surface area contributed by atoms with Crippen molar-refractivity contribution in [1.29, 1.82) is 0 Å². The number of sulfonamides is 1. The maximum atomic E-state index is 14.2. The van der Waals surface area contributed by atoms with Crippen molar-refractivity contribution in [2.24, 2.45) is 0 Å². The van der Waals surface area contributed by atoms with Gasteiger partial charge in [-0.25, -0.2) is 8.42 Å². The van der Waals surface area contributed by atoms with Crippen molar-refractivity contribution in [3.8, 4) is 0 Å². The first kappa shape index (κ1) is 32.3. The van der Waals surface area contributed by atoms with Crippen molar-refractivity contribution in [2.75, 3.05) is 17.1 Å². The molecule has 1 fully saturated rings. The zero-order valence-electron chi connectivity index (χ0n) is 23.3. The monoisotopic (exact) mass is 693 g/mol. The van der Waals surface area contributed by atoms with E-state index < -0.39 is 28.5 Å². The number of hydrogen-bond donors (Lipinski definition) is 1. The zero-order chi connectivity index (χ0) is 30.3. The summed E-state index contributed by atoms with van der Waals surface area (Å²) in [5.74, 6) is -0.772. The summed E-state index contributed by atoms with van der Waals surface area (Å²) in [6, 6.07) is 20.5. The molecule has 224 valence electrons. The largest absolute Gasteiger partial charge is 0.352 e. The molecule has 3 aromatic carbocycles. The molecule has 11 heteroatoms. The molecule has 1 aliphatic rings. The molecule has 1 N–H and O–H groups in total. The Morgan fingerprint density at radius 1 is 0.929 bits per heavy atom. The molecule has 0 radical (unpaired) electrons. The van der Waals surface area contributed by atoms with Crippen LogP contribution in [0.4, 0.5) is 5.69 Å². The van der Waals surface area contributed by atoms with Crippen molar-refractivity contribution in [3.05, 3.63) is 98.4 Å². The Morgan fingerprint density at radius 2 is 1.60 bits per heavy atom. The van der Waals surface area contributed by atoms with Crippen LogP contribution in [0.1, 0.15) is 43.2 Å². The van der Waals surface area contributed by atoms with Gasteiger partial charge in [0.1, 0.15) is 12.6 Å². The van der Waals surface area contributed by atoms with Crippen molar-refractivity contribution in [2.45, 2.75) is 57.2 Å². The van der Waals surface area contributed by atoms with Crippen molar-refractivity contribution >= 4 is 66.7 Å². The quantitative estimate of drug-likeness (QED) is 0.245. The molecule has 4 rings (SSSR count). The number of rotatable bonds is 11. The Morgan fingerprint density at radius 3 is 2.21 bits per heavy atom. The lowest BCUT2D eigenvalue weighted by Gasteiger charge is -2.35. The second-order valence-electron chi connectivity index (χ2n) is 10.6. The average molecular weight is 696 g/mol. The first-order chi connectivity index (χ1) is 20.0. The van der Waals surface area contributed by atoms with Crippen LogP contribution in [0.15, 0.2) is 77.3 Å². The van der Waals surface area contributed by atoms with Gasteiger partial charge in [-0.15, -0.1) is 0 Å². The highest BCUT2D eigenvalue weighted by Gasteiger charge is 2.34. The van der Waals surface area contributed by atoms with E-state index >= 15 is 0 Å². The van der Waals surface area contributed by atoms with Crippen LogP contribution in [0.25, 0.3) is 0 Å². The van der Waals surface area contributed by atoms with E-state index in [1.165, 1.54) is 23.1 Å². The van der Waals surface area contributed by atoms with Gasteiger partial charge in [0.15, 0.2) is 0 Å². The Hall–Kier alpha value is -2.59. The fraction of sp³-hybridized carbons (Fsp3) is 0.355. The number of amides is 2. The van der Waals surface area contributed by atoms with Gasteiger partial charge in [-0.3, -0.25) is 13.9 Å². The number of halogens is 3. The molecule has 0 spiro atoms. The van der Waals surface area contributed by atoms with Gasteiger partial charge in [0, 0.05) is 23.5 Å². The van der Waals surface area contributed by atoms with Crippen LogP contribution < -0.4 is 9.62 Å². The van der Waals surface area contributed by atoms with Crippen LogP contribution in [0.3, 0.4) is 0 Å². The lowest BCUT2D eigenvalue weighted by molar-refractivity contribution is -0.140. The summed E-state index contributed by atoms with van der Waals surface area (Å²) in [6.07, 6.45) is 6.31. The lowest BCUT2D eigenvalue weighted by Crippen LogP contribution is -2.55. The fourth-order valence-electron chi connectivity index (χ4n) is 5.14. The summed E-state index contributed by atoms with van der Waals surface area (Å²) >= 11 is 15.7. The van der Waals surface area contributed by atoms with Gasteiger partial charge in [0.25, 0.3) is 0 Å². The van der Waals surface area contributed by atoms with E-state index in [0.29, 0.717) is 0 Å². The van der Waals surface area contributed by atoms with E-state index in [-0.39, 0.29) is 40.6 Å². The van der Waals surface area contributed by atoms with Crippen molar-refractivity contribution in [1.82, 2.24) is 10.2 Å². The van der Waals surface area contributed by atoms with Gasteiger partial charge in [0.05, 0.1) is 22.0 Å². The summed E-state index contributed by atoms with van der Waals surface area (Å²) in [6.45, 7) is -0.407. The fourth-order valence-corrected chi connectivity index (χ4v) is 6.54. The van der Waals surface area contributed by atoms with Crippen LogP contribution in [0.5, 0.6) is 0 Å². The Balaban J connectivity index is 1.72. The molecule has 42 heavy (non-hydrogen) atoms. The van der Waals surface area contributed by atoms with Crippen LogP contribution in [-0.4, -0.2) is 50.0 Å². The number of anilines is 1. The SMILES string of the molecule is CS(=O)(=O)N(CC(=O)N(Cc1ccc(Br)cc1)C(Cc1ccccc1)C(=O)NC1CCCCC1)c1ccc(Cl)c(Cl)c1. The summed E-state index contributed by atoms with van der Waals surface area (Å²) in [7, 11) is -3.90. The first-order valence-corrected chi connectivity index (χ1v) is 17.2. The molecule has 0 aromatic heterocycles. The highest BCUT2D eigenvalue weighted by molar-refractivity contribution is 9.10. The molecule has 0 saturated heterocycles. The Kier molecular flexibility index (Phi) is 11.3. The molecule has 2 amide bonds. The van der Waals surface area contributed by atoms with Crippen molar-refractivity contribution < 1.29 is 18.0 Å². The number of nitrogens with one attached hydrogen (secondary N) is 1. The third kappa shape index (κ3) is 8.96. The minimum Gasteiger partial charge on any atom is -0.352 e. The summed E-state index contributed by atoms with van der Waals surface area (Å²) in [5, 5.41) is 3.62. The molecular weight excluding hydrogens is 661 g/mol. The van der Waals surface area contributed by atoms with Crippen LogP contribution >= 0.6 is 39.1 Å². The third-order valence-corrected chi connectivity index (χ3v) is 9.77. The number of carbonyl (C=O) groups excluding carboxylic acids is 2. The molecule has 1 aliphatic carbocycles. The maximum absolute atomic E-state index is 14.2. The van der Waals surface area contributed by atoms with E-state index in [0.717, 1.165) is 58.3 Å². The lowest BCUT2D eigenvalue weighted by atomic mass is 9.94. The van der Waals surface area contributed by atoms with Gasteiger partial charge in [-0.2, -0.15) is 0 Å². The second kappa shape index (κ2) is 14.7. The highest BCUT2D eigenvalue weighted by atomic mass is 79.9. The van der Waals surface area contributed by atoms with E-state index in [4.69, 9.17) is 23.2 Å². The molecular formula is C31H34BrCl2N3O4S. The first-order valence-electron chi connectivity index (χ1n) is 13.8. The Labute approximate surface area is 266 Å². The van der Waals surface area contributed by atoms with Crippen LogP contribution in [-0.2, 0) is 32.6 Å². The average Bonchev–Trinajstić information content (AvgIpc) is 2.96. The Bertz CT molecular complexity index is 1480. The zero-order valence-corrected chi connectivity index (χ0v) is 27.2. The van der Waals surface area contributed by atoms with Gasteiger partial charge in [-0.05, 0) is 54.3 Å². The number of carbonyl (C=O) groups is 2. The number of nitrogens with zero attached hydrogens (tertiary/aromatic N) is 2. The predicted octanol–water partition coefficient (Wildman–Crippen LogP) is 6.61. The van der Waals surface area contributed by atoms with Gasteiger partial charge >= 0.3 is 0 Å².